The molecular formula is C13H15BrFNO3. The lowest BCUT2D eigenvalue weighted by Gasteiger charge is -2.09. The number of esters is 1. The predicted octanol–water partition coefficient (Wildman–Crippen LogP) is 2.66. The Morgan fingerprint density at radius 2 is 2.11 bits per heavy atom. The van der Waals surface area contributed by atoms with Crippen LogP contribution in [0.25, 0.3) is 0 Å². The van der Waals surface area contributed by atoms with Crippen LogP contribution in [0.2, 0.25) is 0 Å². The maximum atomic E-state index is 13.5. The van der Waals surface area contributed by atoms with Crippen molar-refractivity contribution >= 4 is 27.8 Å². The topological polar surface area (TPSA) is 55.4 Å². The first kappa shape index (κ1) is 15.6. The molecule has 0 fully saturated rings. The first-order chi connectivity index (χ1) is 8.90. The normalized spacial score (nSPS) is 10.4. The number of benzene rings is 1. The van der Waals surface area contributed by atoms with Crippen molar-refractivity contribution in [1.29, 1.82) is 0 Å². The zero-order chi connectivity index (χ0) is 14.4. The fraction of sp³-hybridized carbons (Fsp3) is 0.385. The van der Waals surface area contributed by atoms with Gasteiger partial charge in [0.05, 0.1) is 18.1 Å². The Morgan fingerprint density at radius 3 is 2.68 bits per heavy atom. The van der Waals surface area contributed by atoms with Crippen LogP contribution in [0.4, 0.5) is 4.39 Å². The van der Waals surface area contributed by atoms with Gasteiger partial charge in [0.25, 0.3) is 5.91 Å². The minimum Gasteiger partial charge on any atom is -0.463 e. The van der Waals surface area contributed by atoms with Crippen molar-refractivity contribution in [2.75, 3.05) is 6.54 Å². The highest BCUT2D eigenvalue weighted by atomic mass is 79.9. The highest BCUT2D eigenvalue weighted by Crippen LogP contribution is 2.15. The van der Waals surface area contributed by atoms with Crippen LogP contribution in [-0.2, 0) is 9.53 Å². The van der Waals surface area contributed by atoms with Gasteiger partial charge in [-0.3, -0.25) is 9.59 Å². The summed E-state index contributed by atoms with van der Waals surface area (Å²) in [4.78, 5) is 22.9. The SMILES string of the molecule is CC(C)OC(=O)CCNC(=O)c1ccc(Br)cc1F. The maximum absolute atomic E-state index is 13.5. The Labute approximate surface area is 119 Å². The van der Waals surface area contributed by atoms with E-state index in [0.29, 0.717) is 4.47 Å². The average molecular weight is 332 g/mol. The number of rotatable bonds is 5. The number of nitrogens with one attached hydrogen (secondary N) is 1. The highest BCUT2D eigenvalue weighted by Gasteiger charge is 2.12. The van der Waals surface area contributed by atoms with Crippen LogP contribution in [0.15, 0.2) is 22.7 Å². The molecule has 0 aliphatic heterocycles. The van der Waals surface area contributed by atoms with E-state index in [1.165, 1.54) is 12.1 Å². The van der Waals surface area contributed by atoms with Crippen LogP contribution < -0.4 is 5.32 Å². The quantitative estimate of drug-likeness (QED) is 0.844. The first-order valence-corrected chi connectivity index (χ1v) is 6.62. The van der Waals surface area contributed by atoms with E-state index in [4.69, 9.17) is 4.74 Å². The fourth-order valence-electron chi connectivity index (χ4n) is 1.37. The summed E-state index contributed by atoms with van der Waals surface area (Å²) in [6.45, 7) is 3.60. The lowest BCUT2D eigenvalue weighted by molar-refractivity contribution is -0.147. The number of carbonyl (C=O) groups is 2. The third-order valence-electron chi connectivity index (χ3n) is 2.16. The number of ether oxygens (including phenoxy) is 1. The Morgan fingerprint density at radius 1 is 1.42 bits per heavy atom. The van der Waals surface area contributed by atoms with Gasteiger partial charge in [-0.1, -0.05) is 15.9 Å². The molecule has 1 aromatic rings. The Kier molecular flexibility index (Phi) is 5.95. The van der Waals surface area contributed by atoms with Crippen molar-refractivity contribution in [3.05, 3.63) is 34.1 Å². The van der Waals surface area contributed by atoms with Crippen LogP contribution >= 0.6 is 15.9 Å². The zero-order valence-electron chi connectivity index (χ0n) is 10.7. The number of amides is 1. The summed E-state index contributed by atoms with van der Waals surface area (Å²) in [6, 6.07) is 4.16. The molecule has 0 bridgehead atoms. The van der Waals surface area contributed by atoms with Gasteiger partial charge in [0, 0.05) is 11.0 Å². The molecule has 1 aromatic carbocycles. The summed E-state index contributed by atoms with van der Waals surface area (Å²) in [5, 5.41) is 2.47. The lowest BCUT2D eigenvalue weighted by atomic mass is 10.2. The van der Waals surface area contributed by atoms with Crippen molar-refractivity contribution < 1.29 is 18.7 Å². The second kappa shape index (κ2) is 7.23. The first-order valence-electron chi connectivity index (χ1n) is 5.83. The van der Waals surface area contributed by atoms with Gasteiger partial charge in [0.15, 0.2) is 0 Å². The molecule has 0 aliphatic carbocycles. The maximum Gasteiger partial charge on any atom is 0.307 e. The number of halogens is 2. The van der Waals surface area contributed by atoms with Gasteiger partial charge < -0.3 is 10.1 Å². The zero-order valence-corrected chi connectivity index (χ0v) is 12.3. The second-order valence-corrected chi connectivity index (χ2v) is 5.08. The van der Waals surface area contributed by atoms with Crippen LogP contribution in [0, 0.1) is 5.82 Å². The molecule has 0 unspecified atom stereocenters. The van der Waals surface area contributed by atoms with Gasteiger partial charge in [-0.2, -0.15) is 0 Å². The molecule has 1 N–H and O–H groups in total. The largest absolute Gasteiger partial charge is 0.463 e. The number of hydrogen-bond donors (Lipinski definition) is 1. The van der Waals surface area contributed by atoms with Crippen molar-refractivity contribution in [3.8, 4) is 0 Å². The van der Waals surface area contributed by atoms with E-state index >= 15 is 0 Å². The summed E-state index contributed by atoms with van der Waals surface area (Å²) >= 11 is 3.11. The summed E-state index contributed by atoms with van der Waals surface area (Å²) < 4.78 is 18.9. The molecule has 0 aromatic heterocycles. The van der Waals surface area contributed by atoms with Crippen molar-refractivity contribution in [2.24, 2.45) is 0 Å². The van der Waals surface area contributed by atoms with Crippen LogP contribution in [-0.4, -0.2) is 24.5 Å². The molecule has 104 valence electrons. The summed E-state index contributed by atoms with van der Waals surface area (Å²) in [5.74, 6) is -1.56. The van der Waals surface area contributed by atoms with Crippen molar-refractivity contribution in [1.82, 2.24) is 5.32 Å². The fourth-order valence-corrected chi connectivity index (χ4v) is 1.70. The van der Waals surface area contributed by atoms with Crippen molar-refractivity contribution in [2.45, 2.75) is 26.4 Å². The van der Waals surface area contributed by atoms with E-state index < -0.39 is 17.7 Å². The number of carbonyl (C=O) groups excluding carboxylic acids is 2. The monoisotopic (exact) mass is 331 g/mol. The summed E-state index contributed by atoms with van der Waals surface area (Å²) in [6.07, 6.45) is -0.130. The molecule has 6 heteroatoms. The standard InChI is InChI=1S/C13H15BrFNO3/c1-8(2)19-12(17)5-6-16-13(18)10-4-3-9(14)7-11(10)15/h3-4,7-8H,5-6H2,1-2H3,(H,16,18). The van der Waals surface area contributed by atoms with E-state index in [2.05, 4.69) is 21.2 Å². The third-order valence-corrected chi connectivity index (χ3v) is 2.65. The molecule has 0 radical (unpaired) electrons. The minimum absolute atomic E-state index is 0.0552. The Hall–Kier alpha value is -1.43. The summed E-state index contributed by atoms with van der Waals surface area (Å²) in [5.41, 5.74) is -0.0552. The highest BCUT2D eigenvalue weighted by molar-refractivity contribution is 9.10. The molecule has 4 nitrogen and oxygen atoms in total. The van der Waals surface area contributed by atoms with Gasteiger partial charge >= 0.3 is 5.97 Å². The van der Waals surface area contributed by atoms with E-state index in [0.717, 1.165) is 0 Å². The van der Waals surface area contributed by atoms with Crippen LogP contribution in [0.5, 0.6) is 0 Å². The molecule has 1 rings (SSSR count). The van der Waals surface area contributed by atoms with Crippen LogP contribution in [0.1, 0.15) is 30.6 Å². The molecule has 0 atom stereocenters. The smallest absolute Gasteiger partial charge is 0.307 e. The van der Waals surface area contributed by atoms with E-state index in [9.17, 15) is 14.0 Å². The molecule has 19 heavy (non-hydrogen) atoms. The predicted molar refractivity (Wildman–Crippen MR) is 72.3 cm³/mol. The third kappa shape index (κ3) is 5.38. The summed E-state index contributed by atoms with van der Waals surface area (Å²) in [7, 11) is 0. The van der Waals surface area contributed by atoms with E-state index in [1.54, 1.807) is 19.9 Å². The number of hydrogen-bond acceptors (Lipinski definition) is 3. The molecule has 0 saturated carbocycles. The minimum atomic E-state index is -0.614. The lowest BCUT2D eigenvalue weighted by Crippen LogP contribution is -2.27. The second-order valence-electron chi connectivity index (χ2n) is 4.17. The Balaban J connectivity index is 2.45. The van der Waals surface area contributed by atoms with Gasteiger partial charge in [0.1, 0.15) is 5.82 Å². The van der Waals surface area contributed by atoms with Gasteiger partial charge in [-0.15, -0.1) is 0 Å². The van der Waals surface area contributed by atoms with E-state index in [1.807, 2.05) is 0 Å². The van der Waals surface area contributed by atoms with Crippen molar-refractivity contribution in [3.63, 3.8) is 0 Å². The Bertz CT molecular complexity index is 477. The molecule has 0 aliphatic rings. The molecule has 0 spiro atoms. The molecular weight excluding hydrogens is 317 g/mol. The van der Waals surface area contributed by atoms with Gasteiger partial charge in [-0.25, -0.2) is 4.39 Å². The molecule has 0 saturated heterocycles. The van der Waals surface area contributed by atoms with Gasteiger partial charge in [0.2, 0.25) is 0 Å². The molecule has 0 heterocycles. The molecule has 1 amide bonds. The average Bonchev–Trinajstić information content (AvgIpc) is 2.27. The van der Waals surface area contributed by atoms with E-state index in [-0.39, 0.29) is 24.6 Å². The van der Waals surface area contributed by atoms with Crippen LogP contribution in [0.3, 0.4) is 0 Å². The van der Waals surface area contributed by atoms with Gasteiger partial charge in [-0.05, 0) is 32.0 Å².